The van der Waals surface area contributed by atoms with Crippen LogP contribution in [0.4, 0.5) is 5.82 Å². The highest BCUT2D eigenvalue weighted by Gasteiger charge is 2.33. The fourth-order valence-corrected chi connectivity index (χ4v) is 5.16. The van der Waals surface area contributed by atoms with Gasteiger partial charge in [0.1, 0.15) is 5.82 Å². The van der Waals surface area contributed by atoms with Gasteiger partial charge in [0.2, 0.25) is 5.91 Å². The highest BCUT2D eigenvalue weighted by atomic mass is 32.2. The number of fused-ring (bicyclic) bond motifs is 1. The first kappa shape index (κ1) is 16.5. The normalized spacial score (nSPS) is 21.7. The van der Waals surface area contributed by atoms with E-state index in [2.05, 4.69) is 15.5 Å². The number of nitrogens with one attached hydrogen (secondary N) is 2. The molecule has 2 aromatic rings. The van der Waals surface area contributed by atoms with Gasteiger partial charge in [-0.3, -0.25) is 24.1 Å². The smallest absolute Gasteiger partial charge is 0.270 e. The van der Waals surface area contributed by atoms with Crippen LogP contribution in [-0.2, 0) is 11.8 Å². The summed E-state index contributed by atoms with van der Waals surface area (Å²) in [6, 6.07) is 0.254. The molecule has 134 valence electrons. The van der Waals surface area contributed by atoms with E-state index >= 15 is 0 Å². The molecule has 0 aromatic carbocycles. The largest absolute Gasteiger partial charge is 0.310 e. The molecular weight excluding hydrogens is 338 g/mol. The molecule has 0 radical (unpaired) electrons. The number of carbonyl (C=O) groups is 1. The van der Waals surface area contributed by atoms with E-state index in [1.807, 2.05) is 24.9 Å². The van der Waals surface area contributed by atoms with Crippen molar-refractivity contribution in [3.63, 3.8) is 0 Å². The molecule has 1 atom stereocenters. The molecule has 3 heterocycles. The van der Waals surface area contributed by atoms with Crippen molar-refractivity contribution in [1.82, 2.24) is 19.6 Å². The summed E-state index contributed by atoms with van der Waals surface area (Å²) in [6.45, 7) is 1.95. The third kappa shape index (κ3) is 2.92. The molecule has 1 fully saturated rings. The first-order chi connectivity index (χ1) is 12.0. The minimum atomic E-state index is -0.184. The van der Waals surface area contributed by atoms with Gasteiger partial charge < -0.3 is 5.32 Å². The van der Waals surface area contributed by atoms with Crippen molar-refractivity contribution in [3.05, 3.63) is 33.4 Å². The van der Waals surface area contributed by atoms with Crippen LogP contribution in [0.25, 0.3) is 0 Å². The SMILES string of the molecule is Cc1nn(C)cc1C1SCC(=O)Nc2c1c(=O)[nH]n2C1CCCCC1. The van der Waals surface area contributed by atoms with Gasteiger partial charge in [-0.25, -0.2) is 0 Å². The maximum Gasteiger partial charge on any atom is 0.270 e. The van der Waals surface area contributed by atoms with Crippen LogP contribution in [0.15, 0.2) is 11.0 Å². The summed E-state index contributed by atoms with van der Waals surface area (Å²) in [5, 5.41) is 10.2. The highest BCUT2D eigenvalue weighted by Crippen LogP contribution is 2.42. The number of aromatic amines is 1. The molecule has 25 heavy (non-hydrogen) atoms. The van der Waals surface area contributed by atoms with Gasteiger partial charge in [-0.1, -0.05) is 19.3 Å². The van der Waals surface area contributed by atoms with Crippen molar-refractivity contribution in [2.75, 3.05) is 11.1 Å². The summed E-state index contributed by atoms with van der Waals surface area (Å²) in [4.78, 5) is 25.1. The van der Waals surface area contributed by atoms with E-state index in [1.165, 1.54) is 18.2 Å². The lowest BCUT2D eigenvalue weighted by Gasteiger charge is -2.24. The second kappa shape index (κ2) is 6.40. The number of hydrogen-bond donors (Lipinski definition) is 2. The zero-order valence-corrected chi connectivity index (χ0v) is 15.4. The summed E-state index contributed by atoms with van der Waals surface area (Å²) in [7, 11) is 1.87. The van der Waals surface area contributed by atoms with Crippen molar-refractivity contribution >= 4 is 23.5 Å². The van der Waals surface area contributed by atoms with Crippen LogP contribution in [-0.4, -0.2) is 31.2 Å². The lowest BCUT2D eigenvalue weighted by Crippen LogP contribution is -2.21. The predicted octanol–water partition coefficient (Wildman–Crippen LogP) is 2.50. The fourth-order valence-electron chi connectivity index (χ4n) is 3.98. The van der Waals surface area contributed by atoms with Gasteiger partial charge in [0.05, 0.1) is 28.3 Å². The molecule has 1 amide bonds. The standard InChI is InChI=1S/C17H23N5O2S/c1-10-12(8-21(2)19-10)15-14-16(18-13(23)9-25-15)22(20-17(14)24)11-6-4-3-5-7-11/h8,11,15H,3-7,9H2,1-2H3,(H,18,23)(H,20,24). The summed E-state index contributed by atoms with van der Waals surface area (Å²) in [5.74, 6) is 0.927. The number of thioether (sulfide) groups is 1. The Morgan fingerprint density at radius 3 is 2.68 bits per heavy atom. The zero-order chi connectivity index (χ0) is 17.6. The van der Waals surface area contributed by atoms with E-state index in [1.54, 1.807) is 4.68 Å². The van der Waals surface area contributed by atoms with Gasteiger partial charge in [0.25, 0.3) is 5.56 Å². The molecule has 0 bridgehead atoms. The fraction of sp³-hybridized carbons (Fsp3) is 0.588. The number of aryl methyl sites for hydroxylation is 2. The summed E-state index contributed by atoms with van der Waals surface area (Å²) in [5.41, 5.74) is 2.43. The van der Waals surface area contributed by atoms with Gasteiger partial charge in [-0.05, 0) is 19.8 Å². The van der Waals surface area contributed by atoms with E-state index in [9.17, 15) is 9.59 Å². The Kier molecular flexibility index (Phi) is 4.23. The average Bonchev–Trinajstić information content (AvgIpc) is 3.02. The number of aromatic nitrogens is 4. The van der Waals surface area contributed by atoms with Crippen LogP contribution in [0.3, 0.4) is 0 Å². The quantitative estimate of drug-likeness (QED) is 0.861. The van der Waals surface area contributed by atoms with E-state index in [4.69, 9.17) is 0 Å². The number of amides is 1. The molecule has 1 unspecified atom stereocenters. The minimum Gasteiger partial charge on any atom is -0.310 e. The second-order valence-corrected chi connectivity index (χ2v) is 8.04. The van der Waals surface area contributed by atoms with Crippen LogP contribution in [0, 0.1) is 6.92 Å². The third-order valence-corrected chi connectivity index (χ3v) is 6.39. The third-order valence-electron chi connectivity index (χ3n) is 5.14. The number of hydrogen-bond acceptors (Lipinski definition) is 4. The Hall–Kier alpha value is -1.96. The Balaban J connectivity index is 1.84. The van der Waals surface area contributed by atoms with Crippen LogP contribution in [0.2, 0.25) is 0 Å². The van der Waals surface area contributed by atoms with Gasteiger partial charge in [-0.2, -0.15) is 5.10 Å². The monoisotopic (exact) mass is 361 g/mol. The number of anilines is 1. The zero-order valence-electron chi connectivity index (χ0n) is 14.5. The number of nitrogens with zero attached hydrogens (tertiary/aromatic N) is 3. The van der Waals surface area contributed by atoms with Crippen molar-refractivity contribution in [1.29, 1.82) is 0 Å². The lowest BCUT2D eigenvalue weighted by atomic mass is 9.95. The predicted molar refractivity (Wildman–Crippen MR) is 98.1 cm³/mol. The van der Waals surface area contributed by atoms with Crippen LogP contribution in [0.5, 0.6) is 0 Å². The van der Waals surface area contributed by atoms with Gasteiger partial charge in [0, 0.05) is 18.8 Å². The lowest BCUT2D eigenvalue weighted by molar-refractivity contribution is -0.113. The molecule has 0 saturated heterocycles. The van der Waals surface area contributed by atoms with Gasteiger partial charge in [0.15, 0.2) is 0 Å². The molecule has 2 N–H and O–H groups in total. The minimum absolute atomic E-state index is 0.0566. The number of H-pyrrole nitrogens is 1. The molecule has 1 saturated carbocycles. The summed E-state index contributed by atoms with van der Waals surface area (Å²) < 4.78 is 3.68. The molecule has 2 aromatic heterocycles. The molecule has 2 aliphatic rings. The maximum absolute atomic E-state index is 12.8. The Morgan fingerprint density at radius 1 is 1.24 bits per heavy atom. The molecule has 1 aliphatic carbocycles. The Labute approximate surface area is 150 Å². The van der Waals surface area contributed by atoms with E-state index in [-0.39, 0.29) is 22.8 Å². The highest BCUT2D eigenvalue weighted by molar-refractivity contribution is 8.00. The maximum atomic E-state index is 12.8. The molecule has 7 nitrogen and oxygen atoms in total. The van der Waals surface area contributed by atoms with Crippen molar-refractivity contribution in [2.45, 2.75) is 50.3 Å². The first-order valence-electron chi connectivity index (χ1n) is 8.80. The van der Waals surface area contributed by atoms with Gasteiger partial charge in [-0.15, -0.1) is 11.8 Å². The van der Waals surface area contributed by atoms with Crippen LogP contribution < -0.4 is 10.9 Å². The van der Waals surface area contributed by atoms with Gasteiger partial charge >= 0.3 is 0 Å². The number of rotatable bonds is 2. The molecule has 8 heteroatoms. The molecule has 0 spiro atoms. The second-order valence-electron chi connectivity index (χ2n) is 6.95. The van der Waals surface area contributed by atoms with E-state index in [0.29, 0.717) is 17.1 Å². The van der Waals surface area contributed by atoms with Crippen molar-refractivity contribution in [2.24, 2.45) is 7.05 Å². The van der Waals surface area contributed by atoms with E-state index < -0.39 is 0 Å². The van der Waals surface area contributed by atoms with Crippen LogP contribution in [0.1, 0.15) is 60.2 Å². The van der Waals surface area contributed by atoms with E-state index in [0.717, 1.165) is 36.9 Å². The first-order valence-corrected chi connectivity index (χ1v) is 9.85. The van der Waals surface area contributed by atoms with Crippen molar-refractivity contribution in [3.8, 4) is 0 Å². The number of carbonyl (C=O) groups excluding carboxylic acids is 1. The molecular formula is C17H23N5O2S. The average molecular weight is 361 g/mol. The summed E-state index contributed by atoms with van der Waals surface area (Å²) >= 11 is 1.49. The van der Waals surface area contributed by atoms with Crippen molar-refractivity contribution < 1.29 is 4.79 Å². The summed E-state index contributed by atoms with van der Waals surface area (Å²) in [6.07, 6.45) is 7.59. The Morgan fingerprint density at radius 2 is 2.00 bits per heavy atom. The molecule has 4 rings (SSSR count). The molecule has 1 aliphatic heterocycles. The Bertz CT molecular complexity index is 859. The topological polar surface area (TPSA) is 84.7 Å². The van der Waals surface area contributed by atoms with Crippen LogP contribution >= 0.6 is 11.8 Å².